The van der Waals surface area contributed by atoms with E-state index in [4.69, 9.17) is 0 Å². The number of carbonyl (C=O) groups excluding carboxylic acids is 1. The highest BCUT2D eigenvalue weighted by molar-refractivity contribution is 7.91. The minimum atomic E-state index is -2.97. The van der Waals surface area contributed by atoms with Crippen LogP contribution in [0.1, 0.15) is 18.9 Å². The molecular formula is C14H20N2O3S. The number of carbonyl (C=O) groups is 1. The summed E-state index contributed by atoms with van der Waals surface area (Å²) in [7, 11) is -2.97. The van der Waals surface area contributed by atoms with E-state index >= 15 is 0 Å². The van der Waals surface area contributed by atoms with Gasteiger partial charge in [-0.25, -0.2) is 13.2 Å². The molecule has 1 aromatic carbocycles. The zero-order valence-corrected chi connectivity index (χ0v) is 12.4. The maximum absolute atomic E-state index is 12.2. The first-order chi connectivity index (χ1) is 9.50. The van der Waals surface area contributed by atoms with Crippen LogP contribution in [0.4, 0.5) is 4.79 Å². The van der Waals surface area contributed by atoms with Gasteiger partial charge in [-0.3, -0.25) is 0 Å². The smallest absolute Gasteiger partial charge is 0.317 e. The average molecular weight is 296 g/mol. The van der Waals surface area contributed by atoms with Gasteiger partial charge in [0.05, 0.1) is 11.5 Å². The van der Waals surface area contributed by atoms with Crippen LogP contribution in [0.25, 0.3) is 0 Å². The van der Waals surface area contributed by atoms with Crippen LogP contribution < -0.4 is 5.32 Å². The third-order valence-electron chi connectivity index (χ3n) is 3.45. The molecule has 0 radical (unpaired) electrons. The first kappa shape index (κ1) is 14.8. The highest BCUT2D eigenvalue weighted by Gasteiger charge is 2.29. The standard InChI is InChI=1S/C14H20N2O3S/c1-2-16(10-12-6-4-3-5-7-12)14(17)15-13-8-9-20(18,19)11-13/h3-7,13H,2,8-11H2,1H3,(H,15,17). The van der Waals surface area contributed by atoms with Crippen molar-refractivity contribution in [2.75, 3.05) is 18.1 Å². The van der Waals surface area contributed by atoms with Crippen molar-refractivity contribution in [3.63, 3.8) is 0 Å². The molecule has 1 heterocycles. The Bertz CT molecular complexity index is 557. The third kappa shape index (κ3) is 3.96. The molecule has 20 heavy (non-hydrogen) atoms. The molecule has 1 fully saturated rings. The molecule has 1 aromatic rings. The van der Waals surface area contributed by atoms with Crippen molar-refractivity contribution in [3.05, 3.63) is 35.9 Å². The predicted octanol–water partition coefficient (Wildman–Crippen LogP) is 1.41. The molecular weight excluding hydrogens is 276 g/mol. The summed E-state index contributed by atoms with van der Waals surface area (Å²) in [6.45, 7) is 3.02. The molecule has 2 rings (SSSR count). The molecule has 1 N–H and O–H groups in total. The monoisotopic (exact) mass is 296 g/mol. The first-order valence-electron chi connectivity index (χ1n) is 6.80. The van der Waals surface area contributed by atoms with Crippen molar-refractivity contribution >= 4 is 15.9 Å². The fourth-order valence-corrected chi connectivity index (χ4v) is 3.98. The Balaban J connectivity index is 1.93. The van der Waals surface area contributed by atoms with Gasteiger partial charge in [0, 0.05) is 19.1 Å². The molecule has 0 saturated carbocycles. The second-order valence-corrected chi connectivity index (χ2v) is 7.28. The Hall–Kier alpha value is -1.56. The number of benzene rings is 1. The maximum Gasteiger partial charge on any atom is 0.317 e. The van der Waals surface area contributed by atoms with Gasteiger partial charge in [0.25, 0.3) is 0 Å². The van der Waals surface area contributed by atoms with Crippen LogP contribution in [-0.4, -0.2) is 43.4 Å². The van der Waals surface area contributed by atoms with Crippen molar-refractivity contribution in [1.29, 1.82) is 0 Å². The average Bonchev–Trinajstić information content (AvgIpc) is 2.76. The lowest BCUT2D eigenvalue weighted by molar-refractivity contribution is 0.195. The molecule has 1 unspecified atom stereocenters. The van der Waals surface area contributed by atoms with Gasteiger partial charge in [-0.15, -0.1) is 0 Å². The van der Waals surface area contributed by atoms with Gasteiger partial charge < -0.3 is 10.2 Å². The Morgan fingerprint density at radius 2 is 2.05 bits per heavy atom. The number of rotatable bonds is 4. The quantitative estimate of drug-likeness (QED) is 0.913. The Morgan fingerprint density at radius 1 is 1.35 bits per heavy atom. The number of sulfone groups is 1. The number of nitrogens with one attached hydrogen (secondary N) is 1. The van der Waals surface area contributed by atoms with Crippen molar-refractivity contribution in [3.8, 4) is 0 Å². The molecule has 110 valence electrons. The van der Waals surface area contributed by atoms with E-state index in [2.05, 4.69) is 5.32 Å². The molecule has 1 aliphatic rings. The number of amides is 2. The van der Waals surface area contributed by atoms with E-state index in [9.17, 15) is 13.2 Å². The van der Waals surface area contributed by atoms with Crippen LogP contribution in [0, 0.1) is 0 Å². The van der Waals surface area contributed by atoms with Crippen LogP contribution in [0.5, 0.6) is 0 Å². The summed E-state index contributed by atoms with van der Waals surface area (Å²) < 4.78 is 22.8. The van der Waals surface area contributed by atoms with Crippen LogP contribution in [0.3, 0.4) is 0 Å². The summed E-state index contributed by atoms with van der Waals surface area (Å²) in [5, 5.41) is 2.81. The lowest BCUT2D eigenvalue weighted by Crippen LogP contribution is -2.44. The van der Waals surface area contributed by atoms with E-state index in [0.717, 1.165) is 5.56 Å². The fraction of sp³-hybridized carbons (Fsp3) is 0.500. The van der Waals surface area contributed by atoms with Gasteiger partial charge in [0.1, 0.15) is 0 Å². The Labute approximate surface area is 119 Å². The highest BCUT2D eigenvalue weighted by Crippen LogP contribution is 2.12. The van der Waals surface area contributed by atoms with Crippen molar-refractivity contribution in [1.82, 2.24) is 10.2 Å². The topological polar surface area (TPSA) is 66.5 Å². The molecule has 0 aromatic heterocycles. The van der Waals surface area contributed by atoms with Gasteiger partial charge >= 0.3 is 6.03 Å². The van der Waals surface area contributed by atoms with Gasteiger partial charge in [0.15, 0.2) is 9.84 Å². The molecule has 5 nitrogen and oxygen atoms in total. The summed E-state index contributed by atoms with van der Waals surface area (Å²) in [6, 6.07) is 9.29. The largest absolute Gasteiger partial charge is 0.334 e. The van der Waals surface area contributed by atoms with Gasteiger partial charge in [-0.2, -0.15) is 0 Å². The Kier molecular flexibility index (Phi) is 4.65. The lowest BCUT2D eigenvalue weighted by Gasteiger charge is -2.23. The van der Waals surface area contributed by atoms with Crippen LogP contribution in [0.15, 0.2) is 30.3 Å². The van der Waals surface area contributed by atoms with E-state index in [1.54, 1.807) is 4.90 Å². The van der Waals surface area contributed by atoms with Crippen molar-refractivity contribution in [2.24, 2.45) is 0 Å². The number of urea groups is 1. The van der Waals surface area contributed by atoms with E-state index in [-0.39, 0.29) is 23.6 Å². The first-order valence-corrected chi connectivity index (χ1v) is 8.62. The minimum Gasteiger partial charge on any atom is -0.334 e. The predicted molar refractivity (Wildman–Crippen MR) is 78.1 cm³/mol. The number of hydrogen-bond donors (Lipinski definition) is 1. The highest BCUT2D eigenvalue weighted by atomic mass is 32.2. The van der Waals surface area contributed by atoms with E-state index < -0.39 is 9.84 Å². The molecule has 0 aliphatic carbocycles. The maximum atomic E-state index is 12.2. The summed E-state index contributed by atoms with van der Waals surface area (Å²) in [6.07, 6.45) is 0.511. The fourth-order valence-electron chi connectivity index (χ4n) is 2.31. The van der Waals surface area contributed by atoms with Crippen LogP contribution in [-0.2, 0) is 16.4 Å². The summed E-state index contributed by atoms with van der Waals surface area (Å²) in [5.41, 5.74) is 1.06. The third-order valence-corrected chi connectivity index (χ3v) is 5.21. The van der Waals surface area contributed by atoms with Crippen molar-refractivity contribution in [2.45, 2.75) is 25.9 Å². The van der Waals surface area contributed by atoms with Gasteiger partial charge in [-0.1, -0.05) is 30.3 Å². The van der Waals surface area contributed by atoms with E-state index in [1.165, 1.54) is 0 Å². The van der Waals surface area contributed by atoms with Crippen LogP contribution >= 0.6 is 0 Å². The van der Waals surface area contributed by atoms with Crippen molar-refractivity contribution < 1.29 is 13.2 Å². The van der Waals surface area contributed by atoms with Crippen LogP contribution in [0.2, 0.25) is 0 Å². The molecule has 0 spiro atoms. The summed E-state index contributed by atoms with van der Waals surface area (Å²) >= 11 is 0. The lowest BCUT2D eigenvalue weighted by atomic mass is 10.2. The SMILES string of the molecule is CCN(Cc1ccccc1)C(=O)NC1CCS(=O)(=O)C1. The summed E-state index contributed by atoms with van der Waals surface area (Å²) in [4.78, 5) is 13.8. The van der Waals surface area contributed by atoms with Gasteiger partial charge in [-0.05, 0) is 18.9 Å². The molecule has 6 heteroatoms. The zero-order chi connectivity index (χ0) is 14.6. The molecule has 0 bridgehead atoms. The zero-order valence-electron chi connectivity index (χ0n) is 11.6. The van der Waals surface area contributed by atoms with E-state index in [0.29, 0.717) is 19.5 Å². The normalized spacial score (nSPS) is 20.6. The number of nitrogens with zero attached hydrogens (tertiary/aromatic N) is 1. The summed E-state index contributed by atoms with van der Waals surface area (Å²) in [5.74, 6) is 0.227. The Morgan fingerprint density at radius 3 is 2.60 bits per heavy atom. The second-order valence-electron chi connectivity index (χ2n) is 5.05. The molecule has 2 amide bonds. The van der Waals surface area contributed by atoms with Gasteiger partial charge in [0.2, 0.25) is 0 Å². The second kappa shape index (κ2) is 6.26. The molecule has 1 saturated heterocycles. The molecule has 1 atom stereocenters. The van der Waals surface area contributed by atoms with E-state index in [1.807, 2.05) is 37.3 Å². The molecule has 1 aliphatic heterocycles. The minimum absolute atomic E-state index is 0.0572. The number of hydrogen-bond acceptors (Lipinski definition) is 3.